The van der Waals surface area contributed by atoms with Crippen LogP contribution in [0.25, 0.3) is 0 Å². The topological polar surface area (TPSA) is 76.4 Å². The van der Waals surface area contributed by atoms with Gasteiger partial charge in [-0.1, -0.05) is 0 Å². The molecule has 0 radical (unpaired) electrons. The van der Waals surface area contributed by atoms with Crippen molar-refractivity contribution >= 4 is 27.3 Å². The molecule has 1 aromatic carbocycles. The highest BCUT2D eigenvalue weighted by Crippen LogP contribution is 2.30. The van der Waals surface area contributed by atoms with E-state index < -0.39 is 0 Å². The maximum Gasteiger partial charge on any atom is 0.273 e. The van der Waals surface area contributed by atoms with Gasteiger partial charge in [0.05, 0.1) is 18.1 Å². The van der Waals surface area contributed by atoms with E-state index >= 15 is 0 Å². The molecule has 0 aliphatic carbocycles. The van der Waals surface area contributed by atoms with Crippen molar-refractivity contribution in [2.24, 2.45) is 0 Å². The van der Waals surface area contributed by atoms with E-state index in [0.29, 0.717) is 16.6 Å². The number of halogens is 1. The number of rotatable bonds is 4. The molecule has 6 nitrogen and oxygen atoms in total. The number of morpholine rings is 1. The van der Waals surface area contributed by atoms with Crippen LogP contribution >= 0.6 is 15.9 Å². The second-order valence-corrected chi connectivity index (χ2v) is 5.34. The molecule has 1 unspecified atom stereocenters. The number of anilines is 1. The van der Waals surface area contributed by atoms with Gasteiger partial charge < -0.3 is 15.4 Å². The summed E-state index contributed by atoms with van der Waals surface area (Å²) >= 11 is 3.36. The molecule has 1 heterocycles. The third-order valence-corrected chi connectivity index (χ3v) is 3.68. The van der Waals surface area contributed by atoms with Crippen molar-refractivity contribution in [3.05, 3.63) is 32.3 Å². The first-order valence-electron chi connectivity index (χ1n) is 6.07. The molecule has 0 spiro atoms. The Morgan fingerprint density at radius 3 is 3.05 bits per heavy atom. The zero-order chi connectivity index (χ0) is 13.8. The first-order chi connectivity index (χ1) is 9.08. The molecular formula is C12H16BrN3O3. The van der Waals surface area contributed by atoms with Gasteiger partial charge in [0.2, 0.25) is 0 Å². The van der Waals surface area contributed by atoms with E-state index in [4.69, 9.17) is 4.74 Å². The molecule has 1 aliphatic heterocycles. The van der Waals surface area contributed by atoms with E-state index in [1.165, 1.54) is 6.07 Å². The van der Waals surface area contributed by atoms with E-state index in [2.05, 4.69) is 26.6 Å². The molecule has 0 saturated carbocycles. The summed E-state index contributed by atoms with van der Waals surface area (Å²) in [4.78, 5) is 10.5. The van der Waals surface area contributed by atoms with Gasteiger partial charge in [0.1, 0.15) is 0 Å². The lowest BCUT2D eigenvalue weighted by atomic mass is 10.1. The number of hydrogen-bond donors (Lipinski definition) is 2. The summed E-state index contributed by atoms with van der Waals surface area (Å²) in [7, 11) is 0. The number of nitro groups is 1. The summed E-state index contributed by atoms with van der Waals surface area (Å²) in [5.41, 5.74) is 1.62. The average molecular weight is 330 g/mol. The Bertz CT molecular complexity index is 476. The fourth-order valence-corrected chi connectivity index (χ4v) is 2.46. The lowest BCUT2D eigenvalue weighted by Crippen LogP contribution is -2.45. The molecule has 7 heteroatoms. The quantitative estimate of drug-likeness (QED) is 0.653. The molecule has 1 aliphatic rings. The van der Waals surface area contributed by atoms with Crippen LogP contribution in [0.5, 0.6) is 0 Å². The van der Waals surface area contributed by atoms with E-state index in [9.17, 15) is 10.1 Å². The fraction of sp³-hybridized carbons (Fsp3) is 0.500. The number of nitro benzene ring substituents is 1. The van der Waals surface area contributed by atoms with Gasteiger partial charge in [-0.3, -0.25) is 10.1 Å². The first-order valence-corrected chi connectivity index (χ1v) is 6.87. The van der Waals surface area contributed by atoms with Gasteiger partial charge in [-0.2, -0.15) is 0 Å². The molecule has 2 N–H and O–H groups in total. The van der Waals surface area contributed by atoms with Crippen molar-refractivity contribution < 1.29 is 9.66 Å². The van der Waals surface area contributed by atoms with Gasteiger partial charge in [-0.05, 0) is 28.9 Å². The number of ether oxygens (including phenoxy) is 1. The maximum atomic E-state index is 10.8. The van der Waals surface area contributed by atoms with E-state index in [1.54, 1.807) is 13.0 Å². The zero-order valence-corrected chi connectivity index (χ0v) is 12.2. The molecule has 1 fully saturated rings. The molecule has 104 valence electrons. The number of benzene rings is 1. The van der Waals surface area contributed by atoms with Crippen molar-refractivity contribution in [1.82, 2.24) is 5.32 Å². The summed E-state index contributed by atoms with van der Waals surface area (Å²) in [5.74, 6) is 0. The number of aryl methyl sites for hydroxylation is 1. The minimum atomic E-state index is -0.375. The highest BCUT2D eigenvalue weighted by Gasteiger charge is 2.16. The van der Waals surface area contributed by atoms with Crippen LogP contribution in [0.2, 0.25) is 0 Å². The second-order valence-electron chi connectivity index (χ2n) is 4.48. The third-order valence-electron chi connectivity index (χ3n) is 3.02. The van der Waals surface area contributed by atoms with Crippen LogP contribution < -0.4 is 10.6 Å². The van der Waals surface area contributed by atoms with Crippen LogP contribution in [0.1, 0.15) is 5.56 Å². The van der Waals surface area contributed by atoms with Gasteiger partial charge in [0, 0.05) is 40.9 Å². The average Bonchev–Trinajstić information content (AvgIpc) is 2.40. The Balaban J connectivity index is 2.04. The Hall–Kier alpha value is -1.18. The second kappa shape index (κ2) is 6.31. The van der Waals surface area contributed by atoms with E-state index in [0.717, 1.165) is 25.4 Å². The van der Waals surface area contributed by atoms with Crippen molar-refractivity contribution in [2.75, 3.05) is 31.6 Å². The predicted octanol–water partition coefficient (Wildman–Crippen LogP) is 2.07. The van der Waals surface area contributed by atoms with Crippen molar-refractivity contribution in [3.63, 3.8) is 0 Å². The predicted molar refractivity (Wildman–Crippen MR) is 76.6 cm³/mol. The van der Waals surface area contributed by atoms with Crippen molar-refractivity contribution in [3.8, 4) is 0 Å². The smallest absolute Gasteiger partial charge is 0.273 e. The van der Waals surface area contributed by atoms with Crippen molar-refractivity contribution in [2.45, 2.75) is 13.0 Å². The minimum Gasteiger partial charge on any atom is -0.382 e. The lowest BCUT2D eigenvalue weighted by molar-refractivity contribution is -0.385. The van der Waals surface area contributed by atoms with Gasteiger partial charge in [0.15, 0.2) is 0 Å². The summed E-state index contributed by atoms with van der Waals surface area (Å²) in [5, 5.41) is 17.4. The summed E-state index contributed by atoms with van der Waals surface area (Å²) in [6, 6.07) is 3.57. The Labute approximate surface area is 119 Å². The van der Waals surface area contributed by atoms with Gasteiger partial charge in [-0.15, -0.1) is 0 Å². The zero-order valence-electron chi connectivity index (χ0n) is 10.6. The van der Waals surface area contributed by atoms with E-state index in [1.807, 2.05) is 0 Å². The number of nitrogens with zero attached hydrogens (tertiary/aromatic N) is 1. The van der Waals surface area contributed by atoms with E-state index in [-0.39, 0.29) is 16.7 Å². The lowest BCUT2D eigenvalue weighted by Gasteiger charge is -2.24. The molecule has 0 amide bonds. The van der Waals surface area contributed by atoms with Crippen LogP contribution in [-0.2, 0) is 4.74 Å². The molecule has 1 aromatic rings. The molecule has 2 rings (SSSR count). The highest BCUT2D eigenvalue weighted by molar-refractivity contribution is 9.10. The SMILES string of the molecule is Cc1cc(NCC2COCCN2)c(Br)cc1[N+](=O)[O-]. The number of hydrogen-bond acceptors (Lipinski definition) is 5. The van der Waals surface area contributed by atoms with Gasteiger partial charge in [-0.25, -0.2) is 0 Å². The van der Waals surface area contributed by atoms with Crippen LogP contribution in [0.4, 0.5) is 11.4 Å². The largest absolute Gasteiger partial charge is 0.382 e. The number of nitrogens with one attached hydrogen (secondary N) is 2. The Morgan fingerprint density at radius 1 is 1.63 bits per heavy atom. The van der Waals surface area contributed by atoms with Crippen LogP contribution in [0.3, 0.4) is 0 Å². The molecule has 1 saturated heterocycles. The highest BCUT2D eigenvalue weighted by atomic mass is 79.9. The normalized spacial score (nSPS) is 19.2. The Kier molecular flexibility index (Phi) is 4.73. The molecule has 19 heavy (non-hydrogen) atoms. The molecule has 1 atom stereocenters. The molecular weight excluding hydrogens is 314 g/mol. The summed E-state index contributed by atoms with van der Waals surface area (Å²) in [6.45, 7) is 4.73. The van der Waals surface area contributed by atoms with Gasteiger partial charge >= 0.3 is 0 Å². The van der Waals surface area contributed by atoms with Gasteiger partial charge in [0.25, 0.3) is 5.69 Å². The molecule has 0 aromatic heterocycles. The van der Waals surface area contributed by atoms with Crippen LogP contribution in [-0.4, -0.2) is 37.3 Å². The third kappa shape index (κ3) is 3.65. The van der Waals surface area contributed by atoms with Crippen LogP contribution in [0, 0.1) is 17.0 Å². The monoisotopic (exact) mass is 329 g/mol. The molecule has 0 bridgehead atoms. The minimum absolute atomic E-state index is 0.122. The Morgan fingerprint density at radius 2 is 2.42 bits per heavy atom. The summed E-state index contributed by atoms with van der Waals surface area (Å²) in [6.07, 6.45) is 0. The standard InChI is InChI=1S/C12H16BrN3O3/c1-8-4-11(10(13)5-12(8)16(17)18)15-6-9-7-19-3-2-14-9/h4-5,9,14-15H,2-3,6-7H2,1H3. The van der Waals surface area contributed by atoms with Crippen LogP contribution in [0.15, 0.2) is 16.6 Å². The fourth-order valence-electron chi connectivity index (χ4n) is 1.99. The summed E-state index contributed by atoms with van der Waals surface area (Å²) < 4.78 is 6.07. The maximum absolute atomic E-state index is 10.8. The van der Waals surface area contributed by atoms with Crippen molar-refractivity contribution in [1.29, 1.82) is 0 Å². The first kappa shape index (κ1) is 14.2.